The SMILES string of the molecule is Cc1cc(/C=C/C(=O)O)cc(N2C(=O)C(C)C(C)C2=O)c1. The third kappa shape index (κ3) is 2.86. The Bertz CT molecular complexity index is 628. The quantitative estimate of drug-likeness (QED) is 0.683. The van der Waals surface area contributed by atoms with E-state index in [-0.39, 0.29) is 23.7 Å². The van der Waals surface area contributed by atoms with Gasteiger partial charge in [-0.2, -0.15) is 0 Å². The lowest BCUT2D eigenvalue weighted by Crippen LogP contribution is -2.30. The number of nitrogens with zero attached hydrogens (tertiary/aromatic N) is 1. The van der Waals surface area contributed by atoms with Gasteiger partial charge in [0.25, 0.3) is 0 Å². The van der Waals surface area contributed by atoms with Crippen molar-refractivity contribution in [3.05, 3.63) is 35.4 Å². The highest BCUT2D eigenvalue weighted by Gasteiger charge is 2.43. The minimum absolute atomic E-state index is 0.216. The Hall–Kier alpha value is -2.43. The minimum atomic E-state index is -1.05. The molecule has 110 valence electrons. The molecule has 1 aliphatic rings. The van der Waals surface area contributed by atoms with Crippen molar-refractivity contribution in [1.82, 2.24) is 0 Å². The lowest BCUT2D eigenvalue weighted by atomic mass is 10.00. The zero-order valence-electron chi connectivity index (χ0n) is 12.2. The second-order valence-electron chi connectivity index (χ2n) is 5.36. The number of hydrogen-bond acceptors (Lipinski definition) is 3. The molecule has 5 heteroatoms. The van der Waals surface area contributed by atoms with E-state index in [0.717, 1.165) is 11.6 Å². The summed E-state index contributed by atoms with van der Waals surface area (Å²) < 4.78 is 0. The molecule has 1 fully saturated rings. The number of carboxylic acids is 1. The maximum atomic E-state index is 12.2. The second-order valence-corrected chi connectivity index (χ2v) is 5.36. The summed E-state index contributed by atoms with van der Waals surface area (Å²) in [7, 11) is 0. The summed E-state index contributed by atoms with van der Waals surface area (Å²) in [6.45, 7) is 5.32. The van der Waals surface area contributed by atoms with Crippen molar-refractivity contribution in [1.29, 1.82) is 0 Å². The largest absolute Gasteiger partial charge is 0.478 e. The van der Waals surface area contributed by atoms with Crippen molar-refractivity contribution < 1.29 is 19.5 Å². The maximum absolute atomic E-state index is 12.2. The first-order valence-corrected chi connectivity index (χ1v) is 6.71. The number of benzene rings is 1. The van der Waals surface area contributed by atoms with Crippen LogP contribution in [-0.2, 0) is 14.4 Å². The van der Waals surface area contributed by atoms with Gasteiger partial charge < -0.3 is 5.11 Å². The molecule has 0 spiro atoms. The number of rotatable bonds is 3. The summed E-state index contributed by atoms with van der Waals surface area (Å²) in [4.78, 5) is 36.2. The molecular formula is C16H17NO4. The van der Waals surface area contributed by atoms with Gasteiger partial charge in [0.05, 0.1) is 5.69 Å². The highest BCUT2D eigenvalue weighted by Crippen LogP contribution is 2.31. The number of amides is 2. The van der Waals surface area contributed by atoms with Crippen LogP contribution in [0.15, 0.2) is 24.3 Å². The molecule has 0 bridgehead atoms. The van der Waals surface area contributed by atoms with Crippen LogP contribution in [-0.4, -0.2) is 22.9 Å². The normalized spacial score (nSPS) is 22.3. The lowest BCUT2D eigenvalue weighted by Gasteiger charge is -2.16. The van der Waals surface area contributed by atoms with Crippen LogP contribution in [0.3, 0.4) is 0 Å². The standard InChI is InChI=1S/C16H17NO4/c1-9-6-12(4-5-14(18)19)8-13(7-9)17-15(20)10(2)11(3)16(17)21/h4-8,10-11H,1-3H3,(H,18,19)/b5-4+. The molecule has 1 aromatic rings. The smallest absolute Gasteiger partial charge is 0.328 e. The Balaban J connectivity index is 2.43. The van der Waals surface area contributed by atoms with Crippen molar-refractivity contribution >= 4 is 29.5 Å². The molecule has 1 aromatic carbocycles. The fourth-order valence-electron chi connectivity index (χ4n) is 2.38. The number of hydrogen-bond donors (Lipinski definition) is 1. The van der Waals surface area contributed by atoms with Gasteiger partial charge in [0.15, 0.2) is 0 Å². The lowest BCUT2D eigenvalue weighted by molar-refractivity contribution is -0.131. The summed E-state index contributed by atoms with van der Waals surface area (Å²) in [6, 6.07) is 5.19. The van der Waals surface area contributed by atoms with Gasteiger partial charge in [0.1, 0.15) is 0 Å². The number of carbonyl (C=O) groups is 3. The van der Waals surface area contributed by atoms with Crippen LogP contribution >= 0.6 is 0 Å². The predicted octanol–water partition coefficient (Wildman–Crippen LogP) is 2.24. The summed E-state index contributed by atoms with van der Waals surface area (Å²) in [5, 5.41) is 8.67. The van der Waals surface area contributed by atoms with E-state index in [1.54, 1.807) is 32.0 Å². The summed E-state index contributed by atoms with van der Waals surface area (Å²) >= 11 is 0. The average molecular weight is 287 g/mol. The van der Waals surface area contributed by atoms with Gasteiger partial charge in [-0.15, -0.1) is 0 Å². The van der Waals surface area contributed by atoms with Crippen molar-refractivity contribution in [2.75, 3.05) is 4.90 Å². The van der Waals surface area contributed by atoms with Gasteiger partial charge >= 0.3 is 5.97 Å². The van der Waals surface area contributed by atoms with E-state index in [4.69, 9.17) is 5.11 Å². The maximum Gasteiger partial charge on any atom is 0.328 e. The van der Waals surface area contributed by atoms with E-state index in [0.29, 0.717) is 11.3 Å². The third-order valence-electron chi connectivity index (χ3n) is 3.73. The van der Waals surface area contributed by atoms with Crippen LogP contribution in [0.2, 0.25) is 0 Å². The van der Waals surface area contributed by atoms with E-state index in [9.17, 15) is 14.4 Å². The van der Waals surface area contributed by atoms with Crippen LogP contribution in [0.5, 0.6) is 0 Å². The van der Waals surface area contributed by atoms with Gasteiger partial charge in [-0.05, 0) is 36.3 Å². The van der Waals surface area contributed by atoms with Crippen LogP contribution in [0.1, 0.15) is 25.0 Å². The Kier molecular flexibility index (Phi) is 3.93. The van der Waals surface area contributed by atoms with E-state index < -0.39 is 5.97 Å². The molecule has 21 heavy (non-hydrogen) atoms. The summed E-state index contributed by atoms with van der Waals surface area (Å²) in [6.07, 6.45) is 2.47. The number of imide groups is 1. The van der Waals surface area contributed by atoms with Gasteiger partial charge in [0, 0.05) is 17.9 Å². The van der Waals surface area contributed by atoms with E-state index >= 15 is 0 Å². The Labute approximate surface area is 122 Å². The fourth-order valence-corrected chi connectivity index (χ4v) is 2.38. The molecule has 2 atom stereocenters. The molecule has 1 heterocycles. The van der Waals surface area contributed by atoms with Gasteiger partial charge in [-0.3, -0.25) is 14.5 Å². The second kappa shape index (κ2) is 5.52. The highest BCUT2D eigenvalue weighted by atomic mass is 16.4. The first-order chi connectivity index (χ1) is 9.81. The molecule has 1 N–H and O–H groups in total. The van der Waals surface area contributed by atoms with Crippen LogP contribution in [0.25, 0.3) is 6.08 Å². The summed E-state index contributed by atoms with van der Waals surface area (Å²) in [5.74, 6) is -2.15. The van der Waals surface area contributed by atoms with Crippen molar-refractivity contribution in [3.8, 4) is 0 Å². The zero-order valence-corrected chi connectivity index (χ0v) is 12.2. The first kappa shape index (κ1) is 15.0. The number of carbonyl (C=O) groups excluding carboxylic acids is 2. The molecule has 5 nitrogen and oxygen atoms in total. The van der Waals surface area contributed by atoms with Crippen molar-refractivity contribution in [2.45, 2.75) is 20.8 Å². The van der Waals surface area contributed by atoms with Crippen LogP contribution in [0, 0.1) is 18.8 Å². The number of aliphatic carboxylic acids is 1. The highest BCUT2D eigenvalue weighted by molar-refractivity contribution is 6.21. The van der Waals surface area contributed by atoms with Crippen LogP contribution < -0.4 is 4.90 Å². The molecule has 1 saturated heterocycles. The van der Waals surface area contributed by atoms with E-state index in [1.165, 1.54) is 11.0 Å². The molecule has 0 saturated carbocycles. The molecule has 0 aromatic heterocycles. The number of carboxylic acid groups (broad SMARTS) is 1. The van der Waals surface area contributed by atoms with Gasteiger partial charge in [0.2, 0.25) is 11.8 Å². The molecule has 0 aliphatic carbocycles. The molecule has 2 rings (SSSR count). The molecule has 0 radical (unpaired) electrons. The van der Waals surface area contributed by atoms with Gasteiger partial charge in [-0.1, -0.05) is 19.9 Å². The van der Waals surface area contributed by atoms with Crippen LogP contribution in [0.4, 0.5) is 5.69 Å². The zero-order chi connectivity index (χ0) is 15.7. The van der Waals surface area contributed by atoms with Crippen molar-refractivity contribution in [3.63, 3.8) is 0 Å². The Morgan fingerprint density at radius 2 is 1.71 bits per heavy atom. The van der Waals surface area contributed by atoms with E-state index in [1.807, 2.05) is 6.92 Å². The summed E-state index contributed by atoms with van der Waals surface area (Å²) in [5.41, 5.74) is 1.98. The minimum Gasteiger partial charge on any atom is -0.478 e. The Morgan fingerprint density at radius 3 is 2.24 bits per heavy atom. The topological polar surface area (TPSA) is 74.7 Å². The number of anilines is 1. The molecule has 2 amide bonds. The molecular weight excluding hydrogens is 270 g/mol. The monoisotopic (exact) mass is 287 g/mol. The molecule has 1 aliphatic heterocycles. The number of aryl methyl sites for hydroxylation is 1. The van der Waals surface area contributed by atoms with E-state index in [2.05, 4.69) is 0 Å². The third-order valence-corrected chi connectivity index (χ3v) is 3.73. The molecule has 2 unspecified atom stereocenters. The fraction of sp³-hybridized carbons (Fsp3) is 0.312. The Morgan fingerprint density at radius 1 is 1.14 bits per heavy atom. The average Bonchev–Trinajstić information content (AvgIpc) is 2.60. The predicted molar refractivity (Wildman–Crippen MR) is 78.7 cm³/mol. The van der Waals surface area contributed by atoms with Crippen molar-refractivity contribution in [2.24, 2.45) is 11.8 Å². The first-order valence-electron chi connectivity index (χ1n) is 6.71. The van der Waals surface area contributed by atoms with Gasteiger partial charge in [-0.25, -0.2) is 4.79 Å².